The predicted octanol–water partition coefficient (Wildman–Crippen LogP) is 2.73. The Kier molecular flexibility index (Phi) is 6.59. The van der Waals surface area contributed by atoms with E-state index >= 15 is 0 Å². The molecule has 0 aromatic heterocycles. The van der Waals surface area contributed by atoms with Gasteiger partial charge in [0.1, 0.15) is 5.82 Å². The van der Waals surface area contributed by atoms with E-state index in [4.69, 9.17) is 0 Å². The van der Waals surface area contributed by atoms with Crippen LogP contribution in [0, 0.1) is 5.82 Å². The van der Waals surface area contributed by atoms with Gasteiger partial charge in [-0.25, -0.2) is 4.39 Å². The molecule has 0 unspecified atom stereocenters. The lowest BCUT2D eigenvalue weighted by molar-refractivity contribution is -0.122. The number of rotatable bonds is 7. The van der Waals surface area contributed by atoms with Crippen molar-refractivity contribution in [1.82, 2.24) is 10.2 Å². The highest BCUT2D eigenvalue weighted by Gasteiger charge is 2.23. The number of nitrogens with zero attached hydrogens (tertiary/aromatic N) is 2. The van der Waals surface area contributed by atoms with Crippen LogP contribution in [0.4, 0.5) is 10.1 Å². The molecule has 1 heterocycles. The maximum Gasteiger partial charge on any atom is 0.254 e. The second kappa shape index (κ2) is 9.32. The highest BCUT2D eigenvalue weighted by atomic mass is 19.1. The normalized spacial score (nSPS) is 13.4. The fourth-order valence-electron chi connectivity index (χ4n) is 3.27. The zero-order valence-electron chi connectivity index (χ0n) is 16.4. The number of hydrogen-bond donors (Lipinski definition) is 1. The predicted molar refractivity (Wildman–Crippen MR) is 108 cm³/mol. The number of benzene rings is 2. The first-order chi connectivity index (χ1) is 14.0. The van der Waals surface area contributed by atoms with E-state index in [0.29, 0.717) is 30.8 Å². The highest BCUT2D eigenvalue weighted by Crippen LogP contribution is 2.22. The summed E-state index contributed by atoms with van der Waals surface area (Å²) >= 11 is 0. The fourth-order valence-corrected chi connectivity index (χ4v) is 3.27. The summed E-state index contributed by atoms with van der Waals surface area (Å²) in [6, 6.07) is 12.8. The molecule has 0 radical (unpaired) electrons. The van der Waals surface area contributed by atoms with E-state index in [2.05, 4.69) is 5.32 Å². The Bertz CT molecular complexity index is 898. The van der Waals surface area contributed by atoms with E-state index in [9.17, 15) is 18.8 Å². The molecule has 2 aromatic rings. The molecule has 1 fully saturated rings. The first-order valence-electron chi connectivity index (χ1n) is 9.68. The van der Waals surface area contributed by atoms with Gasteiger partial charge in [0, 0.05) is 37.3 Å². The minimum Gasteiger partial charge on any atom is -0.350 e. The zero-order chi connectivity index (χ0) is 20.8. The van der Waals surface area contributed by atoms with Gasteiger partial charge in [0.15, 0.2) is 0 Å². The van der Waals surface area contributed by atoms with Crippen molar-refractivity contribution < 1.29 is 18.8 Å². The first kappa shape index (κ1) is 20.5. The Hall–Kier alpha value is -3.22. The van der Waals surface area contributed by atoms with E-state index in [0.717, 1.165) is 12.0 Å². The summed E-state index contributed by atoms with van der Waals surface area (Å²) in [6.07, 6.45) is 1.33. The summed E-state index contributed by atoms with van der Waals surface area (Å²) in [5.74, 6) is -0.837. The number of carbonyl (C=O) groups is 3. The third-order valence-electron chi connectivity index (χ3n) is 4.88. The van der Waals surface area contributed by atoms with Gasteiger partial charge in [0.2, 0.25) is 11.8 Å². The van der Waals surface area contributed by atoms with Crippen LogP contribution in [-0.2, 0) is 16.1 Å². The van der Waals surface area contributed by atoms with Crippen molar-refractivity contribution in [3.63, 3.8) is 0 Å². The molecule has 1 N–H and O–H groups in total. The summed E-state index contributed by atoms with van der Waals surface area (Å²) in [5.41, 5.74) is 1.92. The molecule has 1 saturated heterocycles. The van der Waals surface area contributed by atoms with Gasteiger partial charge in [-0.2, -0.15) is 0 Å². The number of halogens is 1. The highest BCUT2D eigenvalue weighted by molar-refractivity contribution is 6.00. The number of anilines is 1. The molecule has 1 aliphatic heterocycles. The van der Waals surface area contributed by atoms with Crippen molar-refractivity contribution in [2.24, 2.45) is 0 Å². The molecule has 3 amide bonds. The maximum absolute atomic E-state index is 12.9. The molecule has 0 atom stereocenters. The Morgan fingerprint density at radius 1 is 1.17 bits per heavy atom. The third kappa shape index (κ3) is 5.19. The number of carbonyl (C=O) groups excluding carboxylic acids is 3. The molecule has 29 heavy (non-hydrogen) atoms. The molecule has 0 spiro atoms. The van der Waals surface area contributed by atoms with Crippen molar-refractivity contribution >= 4 is 23.4 Å². The standard InChI is InChI=1S/C22H24FN3O3/c1-2-25(15-20(27)24-14-16-8-10-18(23)11-9-16)22(29)17-5-3-6-19(13-17)26-12-4-7-21(26)28/h3,5-6,8-11,13H,2,4,7,12,14-15H2,1H3,(H,24,27). The van der Waals surface area contributed by atoms with Gasteiger partial charge in [-0.1, -0.05) is 18.2 Å². The van der Waals surface area contributed by atoms with Crippen molar-refractivity contribution in [2.75, 3.05) is 24.5 Å². The van der Waals surface area contributed by atoms with Gasteiger partial charge in [-0.15, -0.1) is 0 Å². The number of amides is 3. The molecule has 152 valence electrons. The summed E-state index contributed by atoms with van der Waals surface area (Å²) < 4.78 is 12.9. The van der Waals surface area contributed by atoms with Crippen molar-refractivity contribution in [3.05, 3.63) is 65.5 Å². The topological polar surface area (TPSA) is 69.7 Å². The lowest BCUT2D eigenvalue weighted by Gasteiger charge is -2.22. The zero-order valence-corrected chi connectivity index (χ0v) is 16.4. The molecule has 1 aliphatic rings. The van der Waals surface area contributed by atoms with Crippen LogP contribution in [0.3, 0.4) is 0 Å². The molecule has 0 saturated carbocycles. The van der Waals surface area contributed by atoms with Crippen LogP contribution in [0.25, 0.3) is 0 Å². The largest absolute Gasteiger partial charge is 0.350 e. The Balaban J connectivity index is 1.61. The minimum absolute atomic E-state index is 0.0575. The average molecular weight is 397 g/mol. The SMILES string of the molecule is CCN(CC(=O)NCc1ccc(F)cc1)C(=O)c1cccc(N2CCCC2=O)c1. The third-order valence-corrected chi connectivity index (χ3v) is 4.88. The summed E-state index contributed by atoms with van der Waals surface area (Å²) in [5, 5.41) is 2.74. The molecule has 7 heteroatoms. The molecular weight excluding hydrogens is 373 g/mol. The lowest BCUT2D eigenvalue weighted by atomic mass is 10.1. The average Bonchev–Trinajstić information content (AvgIpc) is 3.17. The summed E-state index contributed by atoms with van der Waals surface area (Å²) in [6.45, 7) is 3.01. The monoisotopic (exact) mass is 397 g/mol. The van der Waals surface area contributed by atoms with Gasteiger partial charge in [-0.3, -0.25) is 14.4 Å². The van der Waals surface area contributed by atoms with Crippen LogP contribution in [0.2, 0.25) is 0 Å². The van der Waals surface area contributed by atoms with Crippen molar-refractivity contribution in [1.29, 1.82) is 0 Å². The van der Waals surface area contributed by atoms with Crippen LogP contribution >= 0.6 is 0 Å². The van der Waals surface area contributed by atoms with Gasteiger partial charge in [0.05, 0.1) is 6.54 Å². The smallest absolute Gasteiger partial charge is 0.254 e. The molecule has 2 aromatic carbocycles. The minimum atomic E-state index is -0.333. The van der Waals surface area contributed by atoms with Crippen LogP contribution in [0.5, 0.6) is 0 Å². The van der Waals surface area contributed by atoms with Crippen LogP contribution in [-0.4, -0.2) is 42.3 Å². The maximum atomic E-state index is 12.9. The molecule has 3 rings (SSSR count). The van der Waals surface area contributed by atoms with E-state index in [1.807, 2.05) is 6.07 Å². The van der Waals surface area contributed by atoms with Crippen LogP contribution in [0.15, 0.2) is 48.5 Å². The number of hydrogen-bond acceptors (Lipinski definition) is 3. The van der Waals surface area contributed by atoms with E-state index in [-0.39, 0.29) is 36.6 Å². The Morgan fingerprint density at radius 2 is 1.93 bits per heavy atom. The van der Waals surface area contributed by atoms with Crippen LogP contribution < -0.4 is 10.2 Å². The fraction of sp³-hybridized carbons (Fsp3) is 0.318. The van der Waals surface area contributed by atoms with E-state index in [1.165, 1.54) is 17.0 Å². The molecular formula is C22H24FN3O3. The molecule has 0 bridgehead atoms. The Morgan fingerprint density at radius 3 is 2.59 bits per heavy atom. The molecule has 0 aliphatic carbocycles. The summed E-state index contributed by atoms with van der Waals surface area (Å²) in [7, 11) is 0. The summed E-state index contributed by atoms with van der Waals surface area (Å²) in [4.78, 5) is 40.2. The van der Waals surface area contributed by atoms with Gasteiger partial charge in [0.25, 0.3) is 5.91 Å². The van der Waals surface area contributed by atoms with E-state index < -0.39 is 0 Å². The van der Waals surface area contributed by atoms with Crippen LogP contribution in [0.1, 0.15) is 35.7 Å². The number of likely N-dealkylation sites (N-methyl/N-ethyl adjacent to an activating group) is 1. The van der Waals surface area contributed by atoms with E-state index in [1.54, 1.807) is 42.2 Å². The number of nitrogens with one attached hydrogen (secondary N) is 1. The second-order valence-corrected chi connectivity index (χ2v) is 6.92. The van der Waals surface area contributed by atoms with Gasteiger partial charge >= 0.3 is 0 Å². The van der Waals surface area contributed by atoms with Gasteiger partial charge in [-0.05, 0) is 49.2 Å². The molecule has 6 nitrogen and oxygen atoms in total. The van der Waals surface area contributed by atoms with Gasteiger partial charge < -0.3 is 15.1 Å². The lowest BCUT2D eigenvalue weighted by Crippen LogP contribution is -2.40. The second-order valence-electron chi connectivity index (χ2n) is 6.92. The first-order valence-corrected chi connectivity index (χ1v) is 9.68. The van der Waals surface area contributed by atoms with Crippen molar-refractivity contribution in [2.45, 2.75) is 26.3 Å². The Labute approximate surface area is 169 Å². The van der Waals surface area contributed by atoms with Crippen molar-refractivity contribution in [3.8, 4) is 0 Å². The quantitative estimate of drug-likeness (QED) is 0.781.